The van der Waals surface area contributed by atoms with E-state index >= 15 is 0 Å². The van der Waals surface area contributed by atoms with Gasteiger partial charge < -0.3 is 14.9 Å². The molecule has 21 heavy (non-hydrogen) atoms. The van der Waals surface area contributed by atoms with Crippen LogP contribution in [0.3, 0.4) is 0 Å². The summed E-state index contributed by atoms with van der Waals surface area (Å²) in [6, 6.07) is 3.83. The molecule has 1 saturated carbocycles. The van der Waals surface area contributed by atoms with Crippen LogP contribution in [0.2, 0.25) is 0 Å². The van der Waals surface area contributed by atoms with E-state index in [4.69, 9.17) is 4.74 Å². The standard InChI is InChI=1S/C18H24O3/c1-12-6-9-15(21-2)17(20)16(12)18-10-4-3-5-13(18)7-8-14(19)11-18/h6-9,13-14,19-20H,3-5,10-11H2,1-2H3. The van der Waals surface area contributed by atoms with Gasteiger partial charge in [-0.1, -0.05) is 31.1 Å². The lowest BCUT2D eigenvalue weighted by Crippen LogP contribution is -2.43. The molecule has 3 heteroatoms. The molecular weight excluding hydrogens is 264 g/mol. The summed E-state index contributed by atoms with van der Waals surface area (Å²) in [5, 5.41) is 20.9. The first kappa shape index (κ1) is 14.5. The van der Waals surface area contributed by atoms with E-state index in [0.717, 1.165) is 30.4 Å². The molecule has 0 amide bonds. The highest BCUT2D eigenvalue weighted by molar-refractivity contribution is 5.54. The Hall–Kier alpha value is -1.48. The number of fused-ring (bicyclic) bond motifs is 1. The smallest absolute Gasteiger partial charge is 0.161 e. The molecule has 0 aromatic heterocycles. The fraction of sp³-hybridized carbons (Fsp3) is 0.556. The van der Waals surface area contributed by atoms with Crippen molar-refractivity contribution in [2.45, 2.75) is 50.5 Å². The van der Waals surface area contributed by atoms with Crippen LogP contribution in [-0.2, 0) is 5.41 Å². The molecule has 0 bridgehead atoms. The van der Waals surface area contributed by atoms with Crippen molar-refractivity contribution in [3.05, 3.63) is 35.4 Å². The third-order valence-electron chi connectivity index (χ3n) is 5.30. The zero-order valence-electron chi connectivity index (χ0n) is 12.8. The van der Waals surface area contributed by atoms with Crippen molar-refractivity contribution in [2.75, 3.05) is 7.11 Å². The van der Waals surface area contributed by atoms with E-state index in [2.05, 4.69) is 6.08 Å². The Kier molecular flexibility index (Phi) is 3.70. The highest BCUT2D eigenvalue weighted by atomic mass is 16.5. The highest BCUT2D eigenvalue weighted by Crippen LogP contribution is 2.54. The van der Waals surface area contributed by atoms with E-state index in [-0.39, 0.29) is 11.2 Å². The Morgan fingerprint density at radius 1 is 1.24 bits per heavy atom. The second-order valence-electron chi connectivity index (χ2n) is 6.47. The lowest BCUT2D eigenvalue weighted by atomic mass is 9.57. The van der Waals surface area contributed by atoms with Crippen molar-refractivity contribution in [2.24, 2.45) is 5.92 Å². The Morgan fingerprint density at radius 3 is 2.81 bits per heavy atom. The van der Waals surface area contributed by atoms with Gasteiger partial charge in [-0.25, -0.2) is 0 Å². The summed E-state index contributed by atoms with van der Waals surface area (Å²) in [7, 11) is 1.58. The van der Waals surface area contributed by atoms with Crippen LogP contribution in [0.25, 0.3) is 0 Å². The average molecular weight is 288 g/mol. The summed E-state index contributed by atoms with van der Waals surface area (Å²) in [6.07, 6.45) is 8.84. The van der Waals surface area contributed by atoms with Crippen molar-refractivity contribution < 1.29 is 14.9 Å². The lowest BCUT2D eigenvalue weighted by Gasteiger charge is -2.47. The van der Waals surface area contributed by atoms with Gasteiger partial charge >= 0.3 is 0 Å². The third kappa shape index (κ3) is 2.24. The molecule has 2 aliphatic carbocycles. The molecule has 1 aromatic carbocycles. The summed E-state index contributed by atoms with van der Waals surface area (Å²) < 4.78 is 5.30. The topological polar surface area (TPSA) is 49.7 Å². The maximum absolute atomic E-state index is 10.7. The molecule has 0 saturated heterocycles. The van der Waals surface area contributed by atoms with Crippen LogP contribution in [0.5, 0.6) is 11.5 Å². The number of ether oxygens (including phenoxy) is 1. The van der Waals surface area contributed by atoms with Gasteiger partial charge in [0.1, 0.15) is 0 Å². The highest BCUT2D eigenvalue weighted by Gasteiger charge is 2.46. The van der Waals surface area contributed by atoms with Crippen molar-refractivity contribution in [3.8, 4) is 11.5 Å². The molecule has 1 fully saturated rings. The first-order valence-corrected chi connectivity index (χ1v) is 7.82. The second-order valence-corrected chi connectivity index (χ2v) is 6.47. The molecular formula is C18H24O3. The summed E-state index contributed by atoms with van der Waals surface area (Å²) in [4.78, 5) is 0. The van der Waals surface area contributed by atoms with E-state index in [1.165, 1.54) is 6.42 Å². The normalized spacial score (nSPS) is 31.8. The average Bonchev–Trinajstić information content (AvgIpc) is 2.47. The van der Waals surface area contributed by atoms with Crippen LogP contribution < -0.4 is 4.74 Å². The van der Waals surface area contributed by atoms with Gasteiger partial charge in [-0.2, -0.15) is 0 Å². The number of benzene rings is 1. The molecule has 3 atom stereocenters. The molecule has 3 unspecified atom stereocenters. The Morgan fingerprint density at radius 2 is 2.05 bits per heavy atom. The number of allylic oxidation sites excluding steroid dienone is 1. The predicted molar refractivity (Wildman–Crippen MR) is 82.8 cm³/mol. The molecule has 2 N–H and O–H groups in total. The molecule has 0 heterocycles. The number of phenols is 1. The van der Waals surface area contributed by atoms with Crippen LogP contribution in [0.1, 0.15) is 43.2 Å². The SMILES string of the molecule is COc1ccc(C)c(C23CCCCC2C=CC(O)C3)c1O. The van der Waals surface area contributed by atoms with Crippen LogP contribution in [-0.4, -0.2) is 23.4 Å². The van der Waals surface area contributed by atoms with Gasteiger partial charge in [0.15, 0.2) is 11.5 Å². The van der Waals surface area contributed by atoms with Crippen molar-refractivity contribution in [3.63, 3.8) is 0 Å². The largest absolute Gasteiger partial charge is 0.504 e. The molecule has 3 nitrogen and oxygen atoms in total. The minimum absolute atomic E-state index is 0.158. The summed E-state index contributed by atoms with van der Waals surface area (Å²) in [6.45, 7) is 2.04. The predicted octanol–water partition coefficient (Wildman–Crippen LogP) is 3.46. The van der Waals surface area contributed by atoms with Gasteiger partial charge in [-0.05, 0) is 43.7 Å². The molecule has 0 radical (unpaired) electrons. The third-order valence-corrected chi connectivity index (χ3v) is 5.30. The van der Waals surface area contributed by atoms with Gasteiger partial charge in [-0.15, -0.1) is 0 Å². The van der Waals surface area contributed by atoms with Crippen LogP contribution in [0.15, 0.2) is 24.3 Å². The van der Waals surface area contributed by atoms with Crippen LogP contribution in [0.4, 0.5) is 0 Å². The number of methoxy groups -OCH3 is 1. The first-order valence-electron chi connectivity index (χ1n) is 7.82. The van der Waals surface area contributed by atoms with Gasteiger partial charge in [0.2, 0.25) is 0 Å². The number of hydrogen-bond acceptors (Lipinski definition) is 3. The minimum Gasteiger partial charge on any atom is -0.504 e. The van der Waals surface area contributed by atoms with Crippen molar-refractivity contribution >= 4 is 0 Å². The molecule has 2 aliphatic rings. The summed E-state index contributed by atoms with van der Waals surface area (Å²) >= 11 is 0. The van der Waals surface area contributed by atoms with E-state index in [1.54, 1.807) is 7.11 Å². The Balaban J connectivity index is 2.18. The number of aliphatic hydroxyl groups excluding tert-OH is 1. The van der Waals surface area contributed by atoms with Gasteiger partial charge in [0.05, 0.1) is 13.2 Å². The zero-order chi connectivity index (χ0) is 15.0. The molecule has 114 valence electrons. The molecule has 0 aliphatic heterocycles. The van der Waals surface area contributed by atoms with Gasteiger partial charge in [-0.3, -0.25) is 0 Å². The number of rotatable bonds is 2. The maximum atomic E-state index is 10.7. The fourth-order valence-electron chi connectivity index (χ4n) is 4.38. The zero-order valence-corrected chi connectivity index (χ0v) is 12.8. The lowest BCUT2D eigenvalue weighted by molar-refractivity contribution is 0.105. The number of aromatic hydroxyl groups is 1. The summed E-state index contributed by atoms with van der Waals surface area (Å²) in [5.74, 6) is 1.18. The first-order chi connectivity index (χ1) is 10.1. The van der Waals surface area contributed by atoms with Crippen LogP contribution in [0, 0.1) is 12.8 Å². The second kappa shape index (κ2) is 5.38. The van der Waals surface area contributed by atoms with Gasteiger partial charge in [0.25, 0.3) is 0 Å². The number of aliphatic hydroxyl groups is 1. The minimum atomic E-state index is -0.427. The molecule has 3 rings (SSSR count). The Bertz CT molecular complexity index is 564. The summed E-state index contributed by atoms with van der Waals surface area (Å²) in [5.41, 5.74) is 1.91. The quantitative estimate of drug-likeness (QED) is 0.819. The monoisotopic (exact) mass is 288 g/mol. The number of phenolic OH excluding ortho intramolecular Hbond substituents is 1. The van der Waals surface area contributed by atoms with E-state index in [0.29, 0.717) is 18.1 Å². The number of aryl methyl sites for hydroxylation is 1. The van der Waals surface area contributed by atoms with Gasteiger partial charge in [0, 0.05) is 11.0 Å². The van der Waals surface area contributed by atoms with E-state index in [9.17, 15) is 10.2 Å². The Labute approximate surface area is 126 Å². The van der Waals surface area contributed by atoms with Crippen LogP contribution >= 0.6 is 0 Å². The fourth-order valence-corrected chi connectivity index (χ4v) is 4.38. The maximum Gasteiger partial charge on any atom is 0.161 e. The molecule has 0 spiro atoms. The van der Waals surface area contributed by atoms with Crippen molar-refractivity contribution in [1.82, 2.24) is 0 Å². The van der Waals surface area contributed by atoms with E-state index in [1.807, 2.05) is 25.1 Å². The number of hydrogen-bond donors (Lipinski definition) is 2. The van der Waals surface area contributed by atoms with Crippen molar-refractivity contribution in [1.29, 1.82) is 0 Å². The van der Waals surface area contributed by atoms with E-state index < -0.39 is 6.10 Å². The molecule has 1 aromatic rings.